The molecule has 3 aromatic rings. The Hall–Kier alpha value is -2.58. The third-order valence-electron chi connectivity index (χ3n) is 5.03. The summed E-state index contributed by atoms with van der Waals surface area (Å²) in [5.41, 5.74) is 0.649. The predicted molar refractivity (Wildman–Crippen MR) is 109 cm³/mol. The van der Waals surface area contributed by atoms with Crippen LogP contribution in [0.4, 0.5) is 4.39 Å². The van der Waals surface area contributed by atoms with E-state index in [4.69, 9.17) is 4.52 Å². The summed E-state index contributed by atoms with van der Waals surface area (Å²) < 4.78 is 19.0. The Kier molecular flexibility index (Phi) is 6.01. The van der Waals surface area contributed by atoms with Gasteiger partial charge in [-0.15, -0.1) is 11.3 Å². The topological polar surface area (TPSA) is 62.5 Å². The van der Waals surface area contributed by atoms with Crippen molar-refractivity contribution < 1.29 is 13.7 Å². The van der Waals surface area contributed by atoms with Crippen molar-refractivity contribution in [2.75, 3.05) is 26.2 Å². The lowest BCUT2D eigenvalue weighted by Gasteiger charge is -2.34. The summed E-state index contributed by atoms with van der Waals surface area (Å²) in [4.78, 5) is 22.9. The van der Waals surface area contributed by atoms with Crippen molar-refractivity contribution in [2.24, 2.45) is 0 Å². The molecule has 1 aromatic carbocycles. The second-order valence-electron chi connectivity index (χ2n) is 7.14. The summed E-state index contributed by atoms with van der Waals surface area (Å²) in [6, 6.07) is 10.9. The van der Waals surface area contributed by atoms with Crippen LogP contribution in [0.3, 0.4) is 0 Å². The summed E-state index contributed by atoms with van der Waals surface area (Å²) in [6.45, 7) is 5.68. The van der Waals surface area contributed by atoms with E-state index >= 15 is 0 Å². The molecular formula is C21H23FN4O2S. The van der Waals surface area contributed by atoms with Crippen LogP contribution in [0.5, 0.6) is 0 Å². The standard InChI is InChI=1S/C21H23FN4O2S/c1-15-23-20(28-24-15)8-9-21(27)26-12-10-25(11-13-26)14-16-6-7-19(29-16)17-4-2-3-5-18(17)22/h2-7H,8-14H2,1H3. The van der Waals surface area contributed by atoms with Crippen LogP contribution in [0.1, 0.15) is 23.0 Å². The lowest BCUT2D eigenvalue weighted by atomic mass is 10.2. The van der Waals surface area contributed by atoms with Gasteiger partial charge in [0.2, 0.25) is 11.8 Å². The van der Waals surface area contributed by atoms with Gasteiger partial charge in [0.15, 0.2) is 5.82 Å². The Morgan fingerprint density at radius 3 is 2.69 bits per heavy atom. The first-order chi connectivity index (χ1) is 14.1. The minimum Gasteiger partial charge on any atom is -0.340 e. The molecule has 1 aliphatic rings. The first-order valence-electron chi connectivity index (χ1n) is 9.71. The fourth-order valence-electron chi connectivity index (χ4n) is 3.46. The highest BCUT2D eigenvalue weighted by Gasteiger charge is 2.22. The van der Waals surface area contributed by atoms with Crippen LogP contribution in [0, 0.1) is 12.7 Å². The SMILES string of the molecule is Cc1noc(CCC(=O)N2CCN(Cc3ccc(-c4ccccc4F)s3)CC2)n1. The number of halogens is 1. The molecule has 1 amide bonds. The molecule has 0 aliphatic carbocycles. The zero-order valence-electron chi connectivity index (χ0n) is 16.3. The lowest BCUT2D eigenvalue weighted by molar-refractivity contribution is -0.133. The Balaban J connectivity index is 1.26. The molecule has 2 aromatic heterocycles. The van der Waals surface area contributed by atoms with E-state index in [9.17, 15) is 9.18 Å². The van der Waals surface area contributed by atoms with Crippen molar-refractivity contribution in [1.82, 2.24) is 19.9 Å². The summed E-state index contributed by atoms with van der Waals surface area (Å²) in [5, 5.41) is 3.75. The van der Waals surface area contributed by atoms with Crippen LogP contribution in [0.25, 0.3) is 10.4 Å². The van der Waals surface area contributed by atoms with Crippen LogP contribution >= 0.6 is 11.3 Å². The first kappa shape index (κ1) is 19.7. The van der Waals surface area contributed by atoms with Gasteiger partial charge in [-0.3, -0.25) is 9.69 Å². The van der Waals surface area contributed by atoms with E-state index in [-0.39, 0.29) is 11.7 Å². The molecule has 0 N–H and O–H groups in total. The Labute approximate surface area is 172 Å². The van der Waals surface area contributed by atoms with Crippen LogP contribution < -0.4 is 0 Å². The third kappa shape index (κ3) is 4.89. The number of carbonyl (C=O) groups excluding carboxylic acids is 1. The molecule has 152 valence electrons. The molecule has 6 nitrogen and oxygen atoms in total. The number of piperazine rings is 1. The maximum absolute atomic E-state index is 14.0. The van der Waals surface area contributed by atoms with Gasteiger partial charge in [-0.05, 0) is 25.1 Å². The molecule has 29 heavy (non-hydrogen) atoms. The highest BCUT2D eigenvalue weighted by Crippen LogP contribution is 2.30. The van der Waals surface area contributed by atoms with Crippen LogP contribution in [-0.2, 0) is 17.8 Å². The van der Waals surface area contributed by atoms with E-state index in [0.717, 1.165) is 24.5 Å². The monoisotopic (exact) mass is 414 g/mol. The number of aromatic nitrogens is 2. The number of aryl methyl sites for hydroxylation is 2. The number of nitrogens with zero attached hydrogens (tertiary/aromatic N) is 4. The van der Waals surface area contributed by atoms with Gasteiger partial charge in [-0.25, -0.2) is 4.39 Å². The molecule has 0 bridgehead atoms. The van der Waals surface area contributed by atoms with Crippen molar-refractivity contribution >= 4 is 17.2 Å². The number of amides is 1. The molecule has 3 heterocycles. The molecule has 1 saturated heterocycles. The zero-order valence-corrected chi connectivity index (χ0v) is 17.1. The molecule has 0 atom stereocenters. The van der Waals surface area contributed by atoms with E-state index < -0.39 is 0 Å². The second kappa shape index (κ2) is 8.84. The molecule has 0 unspecified atom stereocenters. The van der Waals surface area contributed by atoms with Crippen molar-refractivity contribution in [3.05, 3.63) is 58.8 Å². The van der Waals surface area contributed by atoms with Gasteiger partial charge < -0.3 is 9.42 Å². The summed E-state index contributed by atoms with van der Waals surface area (Å²) in [6.07, 6.45) is 0.868. The average molecular weight is 415 g/mol. The van der Waals surface area contributed by atoms with Crippen molar-refractivity contribution in [3.63, 3.8) is 0 Å². The highest BCUT2D eigenvalue weighted by atomic mass is 32.1. The number of hydrogen-bond donors (Lipinski definition) is 0. The van der Waals surface area contributed by atoms with E-state index in [1.54, 1.807) is 24.3 Å². The van der Waals surface area contributed by atoms with Crippen molar-refractivity contribution in [1.29, 1.82) is 0 Å². The highest BCUT2D eigenvalue weighted by molar-refractivity contribution is 7.15. The smallest absolute Gasteiger partial charge is 0.227 e. The average Bonchev–Trinajstić information content (AvgIpc) is 3.36. The van der Waals surface area contributed by atoms with Crippen molar-refractivity contribution in [2.45, 2.75) is 26.3 Å². The minimum absolute atomic E-state index is 0.124. The fourth-order valence-corrected chi connectivity index (χ4v) is 4.54. The quantitative estimate of drug-likeness (QED) is 0.618. The van der Waals surface area contributed by atoms with Gasteiger partial charge in [-0.1, -0.05) is 23.4 Å². The summed E-state index contributed by atoms with van der Waals surface area (Å²) in [7, 11) is 0. The first-order valence-corrected chi connectivity index (χ1v) is 10.5. The Morgan fingerprint density at radius 2 is 1.97 bits per heavy atom. The van der Waals surface area contributed by atoms with Gasteiger partial charge in [0.1, 0.15) is 5.82 Å². The summed E-state index contributed by atoms with van der Waals surface area (Å²) in [5.74, 6) is 1.04. The number of hydrogen-bond acceptors (Lipinski definition) is 6. The molecular weight excluding hydrogens is 391 g/mol. The van der Waals surface area contributed by atoms with Crippen LogP contribution in [-0.4, -0.2) is 52.0 Å². The predicted octanol–water partition coefficient (Wildman–Crippen LogP) is 3.52. The van der Waals surface area contributed by atoms with Crippen LogP contribution in [0.2, 0.25) is 0 Å². The van der Waals surface area contributed by atoms with E-state index in [1.165, 1.54) is 10.9 Å². The van der Waals surface area contributed by atoms with Gasteiger partial charge in [-0.2, -0.15) is 4.98 Å². The number of carbonyl (C=O) groups is 1. The Bertz CT molecular complexity index is 978. The number of benzene rings is 1. The third-order valence-corrected chi connectivity index (χ3v) is 6.13. The minimum atomic E-state index is -0.191. The van der Waals surface area contributed by atoms with Gasteiger partial charge in [0.05, 0.1) is 0 Å². The number of thiophene rings is 1. The molecule has 0 radical (unpaired) electrons. The molecule has 4 rings (SSSR count). The molecule has 0 saturated carbocycles. The van der Waals surface area contributed by atoms with Gasteiger partial charge in [0.25, 0.3) is 0 Å². The van der Waals surface area contributed by atoms with Crippen molar-refractivity contribution in [3.8, 4) is 10.4 Å². The Morgan fingerprint density at radius 1 is 1.17 bits per heavy atom. The largest absolute Gasteiger partial charge is 0.340 e. The van der Waals surface area contributed by atoms with Crippen LogP contribution in [0.15, 0.2) is 40.9 Å². The summed E-state index contributed by atoms with van der Waals surface area (Å²) >= 11 is 1.62. The molecule has 0 spiro atoms. The maximum atomic E-state index is 14.0. The van der Waals surface area contributed by atoms with E-state index in [1.807, 2.05) is 23.1 Å². The second-order valence-corrected chi connectivity index (χ2v) is 8.31. The fraction of sp³-hybridized carbons (Fsp3) is 0.381. The van der Waals surface area contributed by atoms with E-state index in [2.05, 4.69) is 21.1 Å². The molecule has 1 fully saturated rings. The molecule has 8 heteroatoms. The van der Waals surface area contributed by atoms with Gasteiger partial charge in [0, 0.05) is 60.9 Å². The molecule has 1 aliphatic heterocycles. The zero-order chi connectivity index (χ0) is 20.2. The number of rotatable bonds is 6. The lowest BCUT2D eigenvalue weighted by Crippen LogP contribution is -2.48. The van der Waals surface area contributed by atoms with E-state index in [0.29, 0.717) is 43.2 Å². The maximum Gasteiger partial charge on any atom is 0.227 e. The normalized spacial score (nSPS) is 15.0. The van der Waals surface area contributed by atoms with Gasteiger partial charge >= 0.3 is 0 Å².